The van der Waals surface area contributed by atoms with E-state index in [1.54, 1.807) is 18.2 Å². The summed E-state index contributed by atoms with van der Waals surface area (Å²) in [6, 6.07) is 6.40. The van der Waals surface area contributed by atoms with Gasteiger partial charge in [-0.25, -0.2) is 0 Å². The highest BCUT2D eigenvalue weighted by atomic mass is 16.6. The molecule has 4 N–H and O–H groups in total. The number of hydrogen-bond donors (Lipinski definition) is 3. The Bertz CT molecular complexity index is 463. The molecule has 0 aliphatic rings. The zero-order chi connectivity index (χ0) is 15.0. The molecule has 0 spiro atoms. The highest BCUT2D eigenvalue weighted by Crippen LogP contribution is 2.22. The average Bonchev–Trinajstić information content (AvgIpc) is 2.38. The van der Waals surface area contributed by atoms with Crippen molar-refractivity contribution in [3.63, 3.8) is 0 Å². The summed E-state index contributed by atoms with van der Waals surface area (Å²) in [6.45, 7) is 2.76. The quantitative estimate of drug-likeness (QED) is 0.490. The van der Waals surface area contributed by atoms with E-state index in [4.69, 9.17) is 5.73 Å². The van der Waals surface area contributed by atoms with Gasteiger partial charge in [-0.05, 0) is 19.4 Å². The summed E-state index contributed by atoms with van der Waals surface area (Å²) < 4.78 is 0. The molecule has 7 heteroatoms. The van der Waals surface area contributed by atoms with Crippen molar-refractivity contribution in [3.05, 3.63) is 34.4 Å². The van der Waals surface area contributed by atoms with Crippen molar-refractivity contribution in [2.45, 2.75) is 25.8 Å². The van der Waals surface area contributed by atoms with Gasteiger partial charge in [0.25, 0.3) is 5.69 Å². The van der Waals surface area contributed by atoms with Crippen LogP contribution in [0.5, 0.6) is 0 Å². The maximum absolute atomic E-state index is 11.5. The van der Waals surface area contributed by atoms with E-state index in [1.807, 2.05) is 6.92 Å². The van der Waals surface area contributed by atoms with E-state index in [-0.39, 0.29) is 24.1 Å². The van der Waals surface area contributed by atoms with Crippen LogP contribution in [0.1, 0.15) is 19.8 Å². The summed E-state index contributed by atoms with van der Waals surface area (Å²) in [7, 11) is 0. The first-order valence-corrected chi connectivity index (χ1v) is 6.50. The van der Waals surface area contributed by atoms with Gasteiger partial charge in [-0.1, -0.05) is 12.1 Å². The van der Waals surface area contributed by atoms with Crippen molar-refractivity contribution < 1.29 is 9.72 Å². The fourth-order valence-corrected chi connectivity index (χ4v) is 1.62. The average molecular weight is 280 g/mol. The molecule has 1 unspecified atom stereocenters. The Balaban J connectivity index is 2.34. The maximum atomic E-state index is 11.5. The molecule has 1 aromatic rings. The molecule has 7 nitrogen and oxygen atoms in total. The zero-order valence-corrected chi connectivity index (χ0v) is 11.5. The van der Waals surface area contributed by atoms with Crippen LogP contribution >= 0.6 is 0 Å². The monoisotopic (exact) mass is 280 g/mol. The first kappa shape index (κ1) is 15.9. The minimum Gasteiger partial charge on any atom is -0.379 e. The van der Waals surface area contributed by atoms with Gasteiger partial charge in [-0.2, -0.15) is 0 Å². The van der Waals surface area contributed by atoms with Crippen LogP contribution in [0.3, 0.4) is 0 Å². The molecule has 0 aliphatic carbocycles. The van der Waals surface area contributed by atoms with Crippen molar-refractivity contribution in [3.8, 4) is 0 Å². The van der Waals surface area contributed by atoms with Crippen LogP contribution in [0.4, 0.5) is 11.4 Å². The highest BCUT2D eigenvalue weighted by Gasteiger charge is 2.11. The van der Waals surface area contributed by atoms with Crippen LogP contribution in [-0.4, -0.2) is 30.0 Å². The highest BCUT2D eigenvalue weighted by molar-refractivity contribution is 5.76. The van der Waals surface area contributed by atoms with Gasteiger partial charge in [-0.15, -0.1) is 0 Å². The zero-order valence-electron chi connectivity index (χ0n) is 11.5. The summed E-state index contributed by atoms with van der Waals surface area (Å²) in [5.74, 6) is -0.100. The van der Waals surface area contributed by atoms with E-state index in [2.05, 4.69) is 10.6 Å². The lowest BCUT2D eigenvalue weighted by Gasteiger charge is -2.09. The molecule has 0 aromatic heterocycles. The molecule has 0 radical (unpaired) electrons. The first-order valence-electron chi connectivity index (χ1n) is 6.50. The molecule has 0 heterocycles. The number of nitrogens with zero attached hydrogens (tertiary/aromatic N) is 1. The largest absolute Gasteiger partial charge is 0.379 e. The normalized spacial score (nSPS) is 11.7. The predicted molar refractivity (Wildman–Crippen MR) is 77.5 cm³/mol. The van der Waals surface area contributed by atoms with Crippen molar-refractivity contribution >= 4 is 17.3 Å². The summed E-state index contributed by atoms with van der Waals surface area (Å²) >= 11 is 0. The van der Waals surface area contributed by atoms with Crippen LogP contribution in [0.25, 0.3) is 0 Å². The number of carbonyl (C=O) groups excluding carboxylic acids is 1. The minimum absolute atomic E-state index is 0.00450. The van der Waals surface area contributed by atoms with E-state index in [0.29, 0.717) is 18.8 Å². The fourth-order valence-electron chi connectivity index (χ4n) is 1.62. The number of hydrogen-bond acceptors (Lipinski definition) is 5. The van der Waals surface area contributed by atoms with Crippen LogP contribution < -0.4 is 16.4 Å². The third kappa shape index (κ3) is 5.66. The number of nitrogens with one attached hydrogen (secondary N) is 2. The third-order valence-corrected chi connectivity index (χ3v) is 2.69. The van der Waals surface area contributed by atoms with E-state index >= 15 is 0 Å². The van der Waals surface area contributed by atoms with Gasteiger partial charge in [-0.3, -0.25) is 14.9 Å². The van der Waals surface area contributed by atoms with E-state index in [0.717, 1.165) is 6.42 Å². The molecule has 1 amide bonds. The summed E-state index contributed by atoms with van der Waals surface area (Å²) in [5.41, 5.74) is 5.99. The molecule has 0 saturated carbocycles. The number of nitrogens with two attached hydrogens (primary N) is 1. The third-order valence-electron chi connectivity index (χ3n) is 2.69. The second kappa shape index (κ2) is 8.11. The van der Waals surface area contributed by atoms with Gasteiger partial charge >= 0.3 is 0 Å². The summed E-state index contributed by atoms with van der Waals surface area (Å²) in [4.78, 5) is 21.9. The Morgan fingerprint density at radius 3 is 2.75 bits per heavy atom. The number of benzene rings is 1. The lowest BCUT2D eigenvalue weighted by Crippen LogP contribution is -2.30. The summed E-state index contributed by atoms with van der Waals surface area (Å²) in [5, 5.41) is 16.4. The molecule has 1 atom stereocenters. The predicted octanol–water partition coefficient (Wildman–Crippen LogP) is 1.25. The van der Waals surface area contributed by atoms with Gasteiger partial charge in [0.1, 0.15) is 5.69 Å². The summed E-state index contributed by atoms with van der Waals surface area (Å²) in [6.07, 6.45) is 0.980. The Morgan fingerprint density at radius 1 is 1.40 bits per heavy atom. The van der Waals surface area contributed by atoms with Gasteiger partial charge in [0, 0.05) is 31.6 Å². The smallest absolute Gasteiger partial charge is 0.292 e. The number of rotatable bonds is 8. The molecule has 0 bridgehead atoms. The number of amides is 1. The standard InChI is InChI=1S/C13H20N4O3/c1-10(14)6-8-16-13(18)7-9-15-11-4-2-3-5-12(11)17(19)20/h2-5,10,15H,6-9,14H2,1H3,(H,16,18). The van der Waals surface area contributed by atoms with E-state index in [1.165, 1.54) is 6.07 Å². The second-order valence-corrected chi connectivity index (χ2v) is 4.57. The van der Waals surface area contributed by atoms with Crippen molar-refractivity contribution in [2.75, 3.05) is 18.4 Å². The Labute approximate surface area is 117 Å². The van der Waals surface area contributed by atoms with Crippen molar-refractivity contribution in [2.24, 2.45) is 5.73 Å². The molecule has 20 heavy (non-hydrogen) atoms. The first-order chi connectivity index (χ1) is 9.50. The maximum Gasteiger partial charge on any atom is 0.292 e. The van der Waals surface area contributed by atoms with Crippen molar-refractivity contribution in [1.29, 1.82) is 0 Å². The molecular weight excluding hydrogens is 260 g/mol. The van der Waals surface area contributed by atoms with Crippen molar-refractivity contribution in [1.82, 2.24) is 5.32 Å². The SMILES string of the molecule is CC(N)CCNC(=O)CCNc1ccccc1[N+](=O)[O-]. The number of nitro benzene ring substituents is 1. The van der Waals surface area contributed by atoms with E-state index < -0.39 is 4.92 Å². The number of anilines is 1. The molecule has 1 aromatic carbocycles. The Hall–Kier alpha value is -2.15. The Kier molecular flexibility index (Phi) is 6.45. The molecule has 0 saturated heterocycles. The molecule has 110 valence electrons. The van der Waals surface area contributed by atoms with Crippen LogP contribution in [-0.2, 0) is 4.79 Å². The molecule has 0 aliphatic heterocycles. The Morgan fingerprint density at radius 2 is 2.10 bits per heavy atom. The second-order valence-electron chi connectivity index (χ2n) is 4.57. The molecule has 1 rings (SSSR count). The lowest BCUT2D eigenvalue weighted by molar-refractivity contribution is -0.384. The number of para-hydroxylation sites is 2. The van der Waals surface area contributed by atoms with E-state index in [9.17, 15) is 14.9 Å². The van der Waals surface area contributed by atoms with Gasteiger partial charge in [0.15, 0.2) is 0 Å². The van der Waals surface area contributed by atoms with Crippen LogP contribution in [0.2, 0.25) is 0 Å². The van der Waals surface area contributed by atoms with Gasteiger partial charge < -0.3 is 16.4 Å². The number of nitro groups is 1. The number of carbonyl (C=O) groups is 1. The van der Waals surface area contributed by atoms with Gasteiger partial charge in [0.2, 0.25) is 5.91 Å². The minimum atomic E-state index is -0.453. The van der Waals surface area contributed by atoms with Gasteiger partial charge in [0.05, 0.1) is 4.92 Å². The lowest BCUT2D eigenvalue weighted by atomic mass is 10.2. The fraction of sp³-hybridized carbons (Fsp3) is 0.462. The topological polar surface area (TPSA) is 110 Å². The van der Waals surface area contributed by atoms with Crippen LogP contribution in [0.15, 0.2) is 24.3 Å². The van der Waals surface area contributed by atoms with Crippen LogP contribution in [0, 0.1) is 10.1 Å². The molecular formula is C13H20N4O3. The molecule has 0 fully saturated rings.